The summed E-state index contributed by atoms with van der Waals surface area (Å²) in [4.78, 5) is 28.9. The Morgan fingerprint density at radius 2 is 1.77 bits per heavy atom. The fourth-order valence-electron chi connectivity index (χ4n) is 3.40. The quantitative estimate of drug-likeness (QED) is 0.196. The van der Waals surface area contributed by atoms with E-state index in [-0.39, 0.29) is 38.3 Å². The number of anilines is 2. The third kappa shape index (κ3) is 6.69. The molecule has 0 aliphatic heterocycles. The largest absolute Gasteiger partial charge is 0.416 e. The van der Waals surface area contributed by atoms with Crippen LogP contribution in [0.15, 0.2) is 71.8 Å². The Hall–Kier alpha value is -4.05. The van der Waals surface area contributed by atoms with Crippen molar-refractivity contribution < 1.29 is 22.8 Å². The third-order valence-corrected chi connectivity index (χ3v) is 7.59. The average molecular weight is 588 g/mol. The molecule has 4 rings (SSSR count). The van der Waals surface area contributed by atoms with Gasteiger partial charge in [-0.15, -0.1) is 11.3 Å². The van der Waals surface area contributed by atoms with Gasteiger partial charge in [0.05, 0.1) is 48.5 Å². The van der Waals surface area contributed by atoms with Crippen molar-refractivity contribution >= 4 is 73.7 Å². The molecule has 0 saturated heterocycles. The van der Waals surface area contributed by atoms with E-state index < -0.39 is 23.6 Å². The van der Waals surface area contributed by atoms with E-state index in [4.69, 9.17) is 17.3 Å². The zero-order chi connectivity index (χ0) is 28.2. The zero-order valence-corrected chi connectivity index (χ0v) is 22.1. The van der Waals surface area contributed by atoms with Crippen molar-refractivity contribution in [3.63, 3.8) is 0 Å². The van der Waals surface area contributed by atoms with Gasteiger partial charge in [-0.2, -0.15) is 18.4 Å². The number of fused-ring (bicyclic) bond motifs is 1. The summed E-state index contributed by atoms with van der Waals surface area (Å²) < 4.78 is 40.9. The first-order valence-electron chi connectivity index (χ1n) is 11.0. The molecule has 2 amide bonds. The van der Waals surface area contributed by atoms with E-state index in [1.165, 1.54) is 23.5 Å². The molecule has 4 N–H and O–H groups in total. The highest BCUT2D eigenvalue weighted by atomic mass is 35.5. The Bertz CT molecular complexity index is 1610. The van der Waals surface area contributed by atoms with E-state index in [9.17, 15) is 28.0 Å². The average Bonchev–Trinajstić information content (AvgIpc) is 3.32. The molecule has 13 heteroatoms. The maximum atomic E-state index is 13.4. The number of primary amides is 1. The third-order valence-electron chi connectivity index (χ3n) is 5.20. The fourth-order valence-corrected chi connectivity index (χ4v) is 5.41. The van der Waals surface area contributed by atoms with E-state index in [1.807, 2.05) is 18.2 Å². The van der Waals surface area contributed by atoms with Crippen LogP contribution >= 0.6 is 34.7 Å². The molecule has 7 nitrogen and oxygen atoms in total. The molecule has 0 radical (unpaired) electrons. The van der Waals surface area contributed by atoms with Crippen molar-refractivity contribution in [2.24, 2.45) is 5.73 Å². The first kappa shape index (κ1) is 28.0. The molecular weight excluding hydrogens is 571 g/mol. The number of thioether (sulfide) groups is 1. The number of hydrogen-bond acceptors (Lipinski definition) is 7. The molecule has 39 heavy (non-hydrogen) atoms. The number of thiazole rings is 1. The minimum absolute atomic E-state index is 0.0139. The van der Waals surface area contributed by atoms with Gasteiger partial charge in [-0.1, -0.05) is 47.6 Å². The smallest absolute Gasteiger partial charge is 0.366 e. The molecule has 0 spiro atoms. The second-order valence-electron chi connectivity index (χ2n) is 7.87. The summed E-state index contributed by atoms with van der Waals surface area (Å²) >= 11 is 8.26. The van der Waals surface area contributed by atoms with Crippen LogP contribution in [0, 0.1) is 11.3 Å². The molecule has 1 heterocycles. The standard InChI is InChI=1S/C26H17ClF3N5O2S2/c27-17-10-9-14(26(28,29)30)11-20(17)35-24(16(12-31)25-34-19-7-3-4-8-21(19)39-25)38-13-22(36)33-18-6-2-1-5-15(18)23(32)37/h1-11,35H,13H2,(H2,32,37)(H,33,36)/b24-16+. The maximum absolute atomic E-state index is 13.4. The lowest BCUT2D eigenvalue weighted by Crippen LogP contribution is -2.19. The van der Waals surface area contributed by atoms with Gasteiger partial charge in [0.2, 0.25) is 5.91 Å². The number of hydrogen-bond donors (Lipinski definition) is 3. The summed E-state index contributed by atoms with van der Waals surface area (Å²) in [5.41, 5.74) is 5.25. The van der Waals surface area contributed by atoms with Crippen LogP contribution < -0.4 is 16.4 Å². The van der Waals surface area contributed by atoms with Crippen molar-refractivity contribution in [3.8, 4) is 6.07 Å². The Kier molecular flexibility index (Phi) is 8.44. The summed E-state index contributed by atoms with van der Waals surface area (Å²) in [5, 5.41) is 15.8. The van der Waals surface area contributed by atoms with E-state index in [1.54, 1.807) is 24.3 Å². The lowest BCUT2D eigenvalue weighted by molar-refractivity contribution is -0.137. The number of nitriles is 1. The number of carbonyl (C=O) groups excluding carboxylic acids is 2. The number of allylic oxidation sites excluding steroid dienone is 1. The van der Waals surface area contributed by atoms with Crippen molar-refractivity contribution in [1.29, 1.82) is 5.26 Å². The second-order valence-corrected chi connectivity index (χ2v) is 10.3. The lowest BCUT2D eigenvalue weighted by atomic mass is 10.1. The number of aromatic nitrogens is 1. The number of benzene rings is 3. The molecule has 0 saturated carbocycles. The summed E-state index contributed by atoms with van der Waals surface area (Å²) in [7, 11) is 0. The Morgan fingerprint density at radius 1 is 1.05 bits per heavy atom. The number of nitrogens with zero attached hydrogens (tertiary/aromatic N) is 2. The molecule has 0 bridgehead atoms. The monoisotopic (exact) mass is 587 g/mol. The molecule has 3 aromatic carbocycles. The van der Waals surface area contributed by atoms with Crippen LogP contribution in [0.3, 0.4) is 0 Å². The van der Waals surface area contributed by atoms with E-state index in [0.29, 0.717) is 10.5 Å². The lowest BCUT2D eigenvalue weighted by Gasteiger charge is -2.16. The number of halogens is 4. The highest BCUT2D eigenvalue weighted by molar-refractivity contribution is 8.04. The van der Waals surface area contributed by atoms with Crippen molar-refractivity contribution in [3.05, 3.63) is 92.9 Å². The molecule has 0 fully saturated rings. The molecule has 1 aromatic heterocycles. The fraction of sp³-hybridized carbons (Fsp3) is 0.0769. The molecule has 0 aliphatic carbocycles. The van der Waals surface area contributed by atoms with Crippen LogP contribution in [0.25, 0.3) is 15.8 Å². The van der Waals surface area contributed by atoms with E-state index in [2.05, 4.69) is 15.6 Å². The van der Waals surface area contributed by atoms with Crippen LogP contribution in [0.4, 0.5) is 24.5 Å². The van der Waals surface area contributed by atoms with Crippen molar-refractivity contribution in [2.45, 2.75) is 6.18 Å². The Morgan fingerprint density at radius 3 is 2.46 bits per heavy atom. The second kappa shape index (κ2) is 11.8. The normalized spacial score (nSPS) is 12.0. The summed E-state index contributed by atoms with van der Waals surface area (Å²) in [5.74, 6) is -1.56. The molecule has 4 aromatic rings. The highest BCUT2D eigenvalue weighted by Gasteiger charge is 2.31. The summed E-state index contributed by atoms with van der Waals surface area (Å²) in [6.07, 6.45) is -4.63. The zero-order valence-electron chi connectivity index (χ0n) is 19.7. The van der Waals surface area contributed by atoms with Gasteiger partial charge in [-0.05, 0) is 42.5 Å². The van der Waals surface area contributed by atoms with Crippen molar-refractivity contribution in [1.82, 2.24) is 4.98 Å². The number of amides is 2. The van der Waals surface area contributed by atoms with Crippen LogP contribution in [-0.2, 0) is 11.0 Å². The number of rotatable bonds is 8. The van der Waals surface area contributed by atoms with Gasteiger partial charge in [0.25, 0.3) is 5.91 Å². The van der Waals surface area contributed by atoms with Crippen molar-refractivity contribution in [2.75, 3.05) is 16.4 Å². The van der Waals surface area contributed by atoms with Gasteiger partial charge >= 0.3 is 6.18 Å². The van der Waals surface area contributed by atoms with Gasteiger partial charge in [0, 0.05) is 0 Å². The maximum Gasteiger partial charge on any atom is 0.416 e. The highest BCUT2D eigenvalue weighted by Crippen LogP contribution is 2.37. The number of alkyl halides is 3. The summed E-state index contributed by atoms with van der Waals surface area (Å²) in [6.45, 7) is 0. The number of carbonyl (C=O) groups is 2. The topological polar surface area (TPSA) is 121 Å². The Labute approximate surface area is 233 Å². The molecule has 0 atom stereocenters. The summed E-state index contributed by atoms with van der Waals surface area (Å²) in [6, 6.07) is 18.1. The molecule has 0 unspecified atom stereocenters. The van der Waals surface area contributed by atoms with Crippen LogP contribution in [0.1, 0.15) is 20.9 Å². The van der Waals surface area contributed by atoms with Crippen LogP contribution in [-0.4, -0.2) is 22.6 Å². The molecular formula is C26H17ClF3N5O2S2. The van der Waals surface area contributed by atoms with Gasteiger partial charge in [0.1, 0.15) is 16.6 Å². The number of nitrogens with one attached hydrogen (secondary N) is 2. The number of para-hydroxylation sites is 2. The minimum Gasteiger partial charge on any atom is -0.366 e. The first-order chi connectivity index (χ1) is 18.6. The Balaban J connectivity index is 1.70. The van der Waals surface area contributed by atoms with Gasteiger partial charge in [-0.3, -0.25) is 9.59 Å². The van der Waals surface area contributed by atoms with E-state index in [0.717, 1.165) is 34.7 Å². The minimum atomic E-state index is -4.63. The van der Waals surface area contributed by atoms with Gasteiger partial charge in [0.15, 0.2) is 0 Å². The first-order valence-corrected chi connectivity index (χ1v) is 13.2. The van der Waals surface area contributed by atoms with Crippen LogP contribution in [0.2, 0.25) is 5.02 Å². The predicted molar refractivity (Wildman–Crippen MR) is 148 cm³/mol. The van der Waals surface area contributed by atoms with Crippen LogP contribution in [0.5, 0.6) is 0 Å². The predicted octanol–water partition coefficient (Wildman–Crippen LogP) is 6.74. The van der Waals surface area contributed by atoms with E-state index >= 15 is 0 Å². The van der Waals surface area contributed by atoms with Gasteiger partial charge < -0.3 is 16.4 Å². The molecule has 198 valence electrons. The molecule has 0 aliphatic rings. The SMILES string of the molecule is N#C/C(=C(/Nc1cc(C(F)(F)F)ccc1Cl)SCC(=O)Nc1ccccc1C(N)=O)c1nc2ccccc2s1. The number of nitrogens with two attached hydrogens (primary N) is 1. The van der Waals surface area contributed by atoms with Gasteiger partial charge in [-0.25, -0.2) is 4.98 Å².